The fraction of sp³-hybridized carbons (Fsp3) is 0.500. The summed E-state index contributed by atoms with van der Waals surface area (Å²) in [6.45, 7) is 3.70. The minimum Gasteiger partial charge on any atom is -0.396 e. The van der Waals surface area contributed by atoms with Crippen molar-refractivity contribution in [3.8, 4) is 0 Å². The van der Waals surface area contributed by atoms with Gasteiger partial charge in [-0.2, -0.15) is 0 Å². The van der Waals surface area contributed by atoms with E-state index in [0.29, 0.717) is 17.0 Å². The lowest BCUT2D eigenvalue weighted by Crippen LogP contribution is -2.44. The number of aliphatic hydroxyl groups excluding tert-OH is 1. The number of hydrogen-bond donors (Lipinski definition) is 1. The van der Waals surface area contributed by atoms with Crippen LogP contribution in [-0.2, 0) is 6.42 Å². The van der Waals surface area contributed by atoms with Crippen molar-refractivity contribution in [3.05, 3.63) is 52.9 Å². The number of hydrogen-bond acceptors (Lipinski definition) is 4. The van der Waals surface area contributed by atoms with Crippen LogP contribution in [0.3, 0.4) is 0 Å². The van der Waals surface area contributed by atoms with Crippen LogP contribution in [0.15, 0.2) is 34.9 Å². The molecule has 2 bridgehead atoms. The van der Waals surface area contributed by atoms with Gasteiger partial charge >= 0.3 is 0 Å². The van der Waals surface area contributed by atoms with Gasteiger partial charge in [0.25, 0.3) is 5.91 Å². The summed E-state index contributed by atoms with van der Waals surface area (Å²) in [6, 6.07) is 10.5. The zero-order valence-electron chi connectivity index (χ0n) is 14.7. The Morgan fingerprint density at radius 3 is 2.72 bits per heavy atom. The Balaban J connectivity index is 1.65. The Bertz CT molecular complexity index is 766. The van der Waals surface area contributed by atoms with E-state index in [1.807, 2.05) is 30.0 Å². The van der Waals surface area contributed by atoms with Crippen molar-refractivity contribution in [3.63, 3.8) is 0 Å². The highest BCUT2D eigenvalue weighted by Gasteiger charge is 2.57. The molecule has 5 heteroatoms. The molecule has 4 rings (SSSR count). The highest BCUT2D eigenvalue weighted by atomic mass is 16.5. The molecular formula is C20H24N2O3. The van der Waals surface area contributed by atoms with Crippen LogP contribution in [0.4, 0.5) is 0 Å². The number of amides is 1. The van der Waals surface area contributed by atoms with E-state index < -0.39 is 0 Å². The van der Waals surface area contributed by atoms with Crippen LogP contribution >= 0.6 is 0 Å². The Labute approximate surface area is 147 Å². The number of carbonyl (C=O) groups excluding carboxylic acids is 1. The molecule has 0 spiro atoms. The minimum atomic E-state index is -0.251. The Kier molecular flexibility index (Phi) is 3.91. The topological polar surface area (TPSA) is 66.6 Å². The number of rotatable bonds is 4. The van der Waals surface area contributed by atoms with Crippen LogP contribution in [0.5, 0.6) is 0 Å². The first-order chi connectivity index (χ1) is 12.1. The molecule has 132 valence electrons. The fourth-order valence-corrected chi connectivity index (χ4v) is 4.93. The summed E-state index contributed by atoms with van der Waals surface area (Å²) in [7, 11) is 0. The van der Waals surface area contributed by atoms with Crippen molar-refractivity contribution in [2.45, 2.75) is 51.6 Å². The van der Waals surface area contributed by atoms with Crippen molar-refractivity contribution in [1.29, 1.82) is 0 Å². The third-order valence-corrected chi connectivity index (χ3v) is 6.05. The van der Waals surface area contributed by atoms with E-state index >= 15 is 0 Å². The molecule has 1 aromatic carbocycles. The molecule has 2 aliphatic heterocycles. The van der Waals surface area contributed by atoms with E-state index in [9.17, 15) is 9.90 Å². The maximum absolute atomic E-state index is 13.2. The van der Waals surface area contributed by atoms with E-state index in [1.54, 1.807) is 6.92 Å². The number of aliphatic hydroxyl groups is 1. The smallest absolute Gasteiger partial charge is 0.259 e. The number of benzene rings is 1. The van der Waals surface area contributed by atoms with Gasteiger partial charge in [-0.1, -0.05) is 35.5 Å². The zero-order chi connectivity index (χ0) is 17.6. The van der Waals surface area contributed by atoms with Crippen LogP contribution in [0.1, 0.15) is 46.6 Å². The highest BCUT2D eigenvalue weighted by Crippen LogP contribution is 2.52. The first kappa shape index (κ1) is 16.3. The molecule has 2 aliphatic rings. The molecule has 0 radical (unpaired) electrons. The molecule has 2 fully saturated rings. The summed E-state index contributed by atoms with van der Waals surface area (Å²) in [5.41, 5.74) is 2.20. The maximum atomic E-state index is 13.2. The fourth-order valence-electron chi connectivity index (χ4n) is 4.93. The first-order valence-electron chi connectivity index (χ1n) is 8.96. The van der Waals surface area contributed by atoms with Gasteiger partial charge in [0.15, 0.2) is 0 Å². The molecule has 25 heavy (non-hydrogen) atoms. The van der Waals surface area contributed by atoms with Gasteiger partial charge < -0.3 is 14.5 Å². The summed E-state index contributed by atoms with van der Waals surface area (Å²) >= 11 is 0. The van der Waals surface area contributed by atoms with Crippen molar-refractivity contribution in [2.75, 3.05) is 6.61 Å². The molecule has 3 atom stereocenters. The van der Waals surface area contributed by atoms with Crippen molar-refractivity contribution in [2.24, 2.45) is 5.41 Å². The van der Waals surface area contributed by atoms with E-state index in [4.69, 9.17) is 4.52 Å². The predicted molar refractivity (Wildman–Crippen MR) is 93.2 cm³/mol. The third kappa shape index (κ3) is 2.49. The normalized spacial score (nSPS) is 27.9. The Morgan fingerprint density at radius 2 is 2.08 bits per heavy atom. The second-order valence-electron chi connectivity index (χ2n) is 7.55. The van der Waals surface area contributed by atoms with E-state index in [0.717, 1.165) is 25.7 Å². The largest absolute Gasteiger partial charge is 0.396 e. The standard InChI is InChI=1S/C20H24N2O3/c1-13-18(14(2)25-21-13)19(24)22-16-8-9-17(22)20(11-16,12-23)10-15-6-4-3-5-7-15/h3-7,16-17,23H,8-12H2,1-2H3/t16-,17+,20-/m0/s1. The Morgan fingerprint density at radius 1 is 1.32 bits per heavy atom. The molecule has 1 aromatic heterocycles. The lowest BCUT2D eigenvalue weighted by Gasteiger charge is -2.36. The summed E-state index contributed by atoms with van der Waals surface area (Å²) in [6.07, 6.45) is 3.62. The van der Waals surface area contributed by atoms with Gasteiger partial charge in [-0.15, -0.1) is 0 Å². The van der Waals surface area contributed by atoms with Crippen molar-refractivity contribution in [1.82, 2.24) is 10.1 Å². The minimum absolute atomic E-state index is 0.00661. The SMILES string of the molecule is Cc1noc(C)c1C(=O)N1[C@H]2CC[C@@H]1[C@@](CO)(Cc1ccccc1)C2. The molecule has 1 amide bonds. The molecule has 1 N–H and O–H groups in total. The van der Waals surface area contributed by atoms with Crippen molar-refractivity contribution < 1.29 is 14.4 Å². The van der Waals surface area contributed by atoms with Gasteiger partial charge in [-0.05, 0) is 45.1 Å². The second kappa shape index (κ2) is 5.99. The van der Waals surface area contributed by atoms with Gasteiger partial charge in [0.2, 0.25) is 0 Å². The lowest BCUT2D eigenvalue weighted by atomic mass is 9.70. The second-order valence-corrected chi connectivity index (χ2v) is 7.55. The van der Waals surface area contributed by atoms with Crippen LogP contribution in [0.25, 0.3) is 0 Å². The van der Waals surface area contributed by atoms with Gasteiger partial charge in [0.1, 0.15) is 11.3 Å². The summed E-state index contributed by atoms with van der Waals surface area (Å²) in [4.78, 5) is 15.2. The van der Waals surface area contributed by atoms with Gasteiger partial charge in [-0.25, -0.2) is 0 Å². The summed E-state index contributed by atoms with van der Waals surface area (Å²) < 4.78 is 5.19. The van der Waals surface area contributed by atoms with Crippen LogP contribution in [0, 0.1) is 19.3 Å². The van der Waals surface area contributed by atoms with Gasteiger partial charge in [0, 0.05) is 17.5 Å². The monoisotopic (exact) mass is 340 g/mol. The number of aromatic nitrogens is 1. The molecule has 2 saturated heterocycles. The van der Waals surface area contributed by atoms with Crippen LogP contribution in [-0.4, -0.2) is 39.8 Å². The molecular weight excluding hydrogens is 316 g/mol. The number of carbonyl (C=O) groups is 1. The first-order valence-corrected chi connectivity index (χ1v) is 8.96. The number of aryl methyl sites for hydroxylation is 2. The molecule has 2 aromatic rings. The van der Waals surface area contributed by atoms with Crippen molar-refractivity contribution >= 4 is 5.91 Å². The maximum Gasteiger partial charge on any atom is 0.259 e. The van der Waals surface area contributed by atoms with Gasteiger partial charge in [0.05, 0.1) is 12.3 Å². The summed E-state index contributed by atoms with van der Waals surface area (Å²) in [5, 5.41) is 14.2. The van der Waals surface area contributed by atoms with Crippen LogP contribution in [0.2, 0.25) is 0 Å². The summed E-state index contributed by atoms with van der Waals surface area (Å²) in [5.74, 6) is 0.582. The van der Waals surface area contributed by atoms with Gasteiger partial charge in [-0.3, -0.25) is 4.79 Å². The molecule has 0 saturated carbocycles. The average molecular weight is 340 g/mol. The number of fused-ring (bicyclic) bond motifs is 2. The van der Waals surface area contributed by atoms with E-state index in [1.165, 1.54) is 5.56 Å². The highest BCUT2D eigenvalue weighted by molar-refractivity contribution is 5.97. The molecule has 0 unspecified atom stereocenters. The lowest BCUT2D eigenvalue weighted by molar-refractivity contribution is 0.0569. The van der Waals surface area contributed by atoms with Crippen LogP contribution < -0.4 is 0 Å². The Hall–Kier alpha value is -2.14. The zero-order valence-corrected chi connectivity index (χ0v) is 14.7. The average Bonchev–Trinajstić information content (AvgIpc) is 3.27. The molecule has 0 aliphatic carbocycles. The van der Waals surface area contributed by atoms with E-state index in [2.05, 4.69) is 17.3 Å². The quantitative estimate of drug-likeness (QED) is 0.929. The number of nitrogens with zero attached hydrogens (tertiary/aromatic N) is 2. The predicted octanol–water partition coefficient (Wildman–Crippen LogP) is 2.89. The van der Waals surface area contributed by atoms with E-state index in [-0.39, 0.29) is 30.0 Å². The molecule has 3 heterocycles. The molecule has 5 nitrogen and oxygen atoms in total. The third-order valence-electron chi connectivity index (χ3n) is 6.05.